The summed E-state index contributed by atoms with van der Waals surface area (Å²) in [5, 5.41) is 0. The van der Waals surface area contributed by atoms with Crippen LogP contribution in [0.3, 0.4) is 0 Å². The Morgan fingerprint density at radius 2 is 1.32 bits per heavy atom. The third kappa shape index (κ3) is 8.75. The van der Waals surface area contributed by atoms with Gasteiger partial charge in [-0.05, 0) is 0 Å². The molecule has 0 aliphatic heterocycles. The number of nitrogens with zero attached hydrogens (tertiary/aromatic N) is 1. The Morgan fingerprint density at radius 1 is 0.857 bits per heavy atom. The maximum absolute atomic E-state index is 4.85. The van der Waals surface area contributed by atoms with Crippen LogP contribution in [0.4, 0.5) is 0 Å². The van der Waals surface area contributed by atoms with Crippen molar-refractivity contribution in [1.82, 2.24) is 4.57 Å². The van der Waals surface area contributed by atoms with Crippen molar-refractivity contribution < 1.29 is 0 Å². The Hall–Kier alpha value is -0.0644. The first-order valence-electron chi connectivity index (χ1n) is 11.8. The topological polar surface area (TPSA) is 3.24 Å². The first-order valence-corrected chi connectivity index (χ1v) is 22.7. The zero-order valence-corrected chi connectivity index (χ0v) is 23.7. The molecule has 1 rings (SSSR count). The Balaban J connectivity index is 3.06. The number of unbranched alkanes of at least 4 members (excludes halogenated alkanes) is 3. The molecule has 0 fully saturated rings. The molecule has 0 N–H and O–H groups in total. The first-order chi connectivity index (χ1) is 13.3. The third-order valence-corrected chi connectivity index (χ3v) is 24.5. The van der Waals surface area contributed by atoms with Crippen LogP contribution in [0, 0.1) is 0 Å². The predicted molar refractivity (Wildman–Crippen MR) is 134 cm³/mol. The van der Waals surface area contributed by atoms with Crippen LogP contribution < -0.4 is 0 Å². The third-order valence-electron chi connectivity index (χ3n) is 6.32. The van der Waals surface area contributed by atoms with Gasteiger partial charge in [-0.1, -0.05) is 0 Å². The number of benzene rings is 1. The van der Waals surface area contributed by atoms with Gasteiger partial charge in [-0.2, -0.15) is 0 Å². The van der Waals surface area contributed by atoms with E-state index >= 15 is 0 Å². The molecule has 28 heavy (non-hydrogen) atoms. The van der Waals surface area contributed by atoms with Gasteiger partial charge in [0.15, 0.2) is 0 Å². The van der Waals surface area contributed by atoms with E-state index in [1.807, 2.05) is 0 Å². The molecule has 0 saturated heterocycles. The van der Waals surface area contributed by atoms with E-state index in [0.717, 1.165) is 13.1 Å². The molecule has 1 nitrogen and oxygen atoms in total. The van der Waals surface area contributed by atoms with Crippen LogP contribution in [-0.4, -0.2) is 37.7 Å². The minimum absolute atomic E-state index is 1.09. The SMILES string of the molecule is C=[C](CN(Cc1ccccc1)[Si](C)(C)C)[Sn]([CH2]CCC)([CH2]CCC)[CH2]CCC. The summed E-state index contributed by atoms with van der Waals surface area (Å²) >= 11 is -2.35. The van der Waals surface area contributed by atoms with E-state index < -0.39 is 26.6 Å². The molecule has 0 heterocycles. The van der Waals surface area contributed by atoms with Crippen LogP contribution in [0.15, 0.2) is 40.5 Å². The van der Waals surface area contributed by atoms with E-state index in [0.29, 0.717) is 0 Å². The summed E-state index contributed by atoms with van der Waals surface area (Å²) in [6.45, 7) is 21.7. The molecule has 0 spiro atoms. The van der Waals surface area contributed by atoms with E-state index in [4.69, 9.17) is 6.58 Å². The van der Waals surface area contributed by atoms with Crippen molar-refractivity contribution in [2.75, 3.05) is 6.54 Å². The Kier molecular flexibility index (Phi) is 12.3. The van der Waals surface area contributed by atoms with Crippen LogP contribution in [-0.2, 0) is 6.54 Å². The summed E-state index contributed by atoms with van der Waals surface area (Å²) in [6, 6.07) is 11.1. The zero-order valence-electron chi connectivity index (χ0n) is 19.8. The fourth-order valence-electron chi connectivity index (χ4n) is 4.18. The molecule has 1 aromatic rings. The molecular formula is C25H47NSiSn. The normalized spacial score (nSPS) is 12.5. The van der Waals surface area contributed by atoms with E-state index in [-0.39, 0.29) is 0 Å². The van der Waals surface area contributed by atoms with E-state index in [2.05, 4.69) is 75.3 Å². The van der Waals surface area contributed by atoms with E-state index in [9.17, 15) is 0 Å². The van der Waals surface area contributed by atoms with Gasteiger partial charge in [-0.25, -0.2) is 0 Å². The fraction of sp³-hybridized carbons (Fsp3) is 0.680. The summed E-state index contributed by atoms with van der Waals surface area (Å²) < 4.78 is 9.15. The first kappa shape index (κ1) is 26.0. The van der Waals surface area contributed by atoms with Crippen molar-refractivity contribution in [3.8, 4) is 0 Å². The van der Waals surface area contributed by atoms with Crippen molar-refractivity contribution in [1.29, 1.82) is 0 Å². The summed E-state index contributed by atoms with van der Waals surface area (Å²) in [4.78, 5) is 0. The van der Waals surface area contributed by atoms with Gasteiger partial charge in [0.25, 0.3) is 0 Å². The molecule has 3 heteroatoms. The number of rotatable bonds is 15. The standard InChI is InChI=1S/C13H20NSi.3C4H9.Sn/c1-5-11-14(15(2,3)4)12-13-9-7-6-8-10-13;3*1-3-4-2;/h6-10H,1,11-12H2,2-4H3;3*1,3-4H2,2H3;. The molecule has 0 atom stereocenters. The van der Waals surface area contributed by atoms with Crippen LogP contribution in [0.25, 0.3) is 0 Å². The molecule has 160 valence electrons. The second-order valence-electron chi connectivity index (χ2n) is 9.71. The van der Waals surface area contributed by atoms with Crippen LogP contribution in [0.2, 0.25) is 33.0 Å². The van der Waals surface area contributed by atoms with Crippen LogP contribution in [0.1, 0.15) is 64.9 Å². The van der Waals surface area contributed by atoms with Crippen molar-refractivity contribution in [2.24, 2.45) is 0 Å². The summed E-state index contributed by atoms with van der Waals surface area (Å²) in [5.74, 6) is 0. The molecule has 0 bridgehead atoms. The van der Waals surface area contributed by atoms with Gasteiger partial charge >= 0.3 is 183 Å². The second kappa shape index (κ2) is 13.3. The summed E-state index contributed by atoms with van der Waals surface area (Å²) in [6.07, 6.45) is 8.29. The van der Waals surface area contributed by atoms with Crippen molar-refractivity contribution in [3.05, 3.63) is 46.1 Å². The van der Waals surface area contributed by atoms with Gasteiger partial charge in [-0.3, -0.25) is 0 Å². The van der Waals surface area contributed by atoms with Gasteiger partial charge in [0.1, 0.15) is 0 Å². The fourth-order valence-corrected chi connectivity index (χ4v) is 21.4. The molecule has 0 saturated carbocycles. The van der Waals surface area contributed by atoms with Crippen LogP contribution >= 0.6 is 0 Å². The maximum atomic E-state index is 4.85. The van der Waals surface area contributed by atoms with Gasteiger partial charge < -0.3 is 0 Å². The Bertz CT molecular complexity index is 528. The molecule has 0 amide bonds. The van der Waals surface area contributed by atoms with Gasteiger partial charge in [-0.15, -0.1) is 0 Å². The summed E-state index contributed by atoms with van der Waals surface area (Å²) in [7, 11) is -1.40. The minimum atomic E-state index is -2.35. The van der Waals surface area contributed by atoms with Gasteiger partial charge in [0.2, 0.25) is 0 Å². The molecule has 0 aliphatic carbocycles. The van der Waals surface area contributed by atoms with Crippen molar-refractivity contribution >= 4 is 26.6 Å². The number of hydrogen-bond donors (Lipinski definition) is 0. The Morgan fingerprint density at radius 3 is 1.71 bits per heavy atom. The van der Waals surface area contributed by atoms with Crippen molar-refractivity contribution in [3.63, 3.8) is 0 Å². The van der Waals surface area contributed by atoms with Crippen LogP contribution in [0.5, 0.6) is 0 Å². The average Bonchev–Trinajstić information content (AvgIpc) is 2.67. The molecular weight excluding hydrogens is 461 g/mol. The van der Waals surface area contributed by atoms with E-state index in [1.165, 1.54) is 57.4 Å². The summed E-state index contributed by atoms with van der Waals surface area (Å²) in [5.41, 5.74) is 1.45. The quantitative estimate of drug-likeness (QED) is 0.216. The zero-order chi connectivity index (χ0) is 21.0. The molecule has 0 unspecified atom stereocenters. The second-order valence-corrected chi connectivity index (χ2v) is 28.3. The molecule has 0 radical (unpaired) electrons. The number of hydrogen-bond acceptors (Lipinski definition) is 1. The van der Waals surface area contributed by atoms with E-state index in [1.54, 1.807) is 3.59 Å². The monoisotopic (exact) mass is 509 g/mol. The van der Waals surface area contributed by atoms with Crippen molar-refractivity contribution in [2.45, 2.75) is 98.8 Å². The molecule has 0 aromatic heterocycles. The van der Waals surface area contributed by atoms with Gasteiger partial charge in [0.05, 0.1) is 0 Å². The van der Waals surface area contributed by atoms with Gasteiger partial charge in [0, 0.05) is 0 Å². The molecule has 0 aliphatic rings. The predicted octanol–water partition coefficient (Wildman–Crippen LogP) is 8.27. The Labute approximate surface area is 182 Å². The molecule has 1 aromatic carbocycles. The average molecular weight is 508 g/mol.